The molecule has 0 saturated carbocycles. The summed E-state index contributed by atoms with van der Waals surface area (Å²) in [5.41, 5.74) is 7.15. The fourth-order valence-electron chi connectivity index (χ4n) is 2.93. The number of allylic oxidation sites excluding steroid dienone is 1. The second-order valence-corrected chi connectivity index (χ2v) is 8.85. The van der Waals surface area contributed by atoms with Gasteiger partial charge in [0.2, 0.25) is 0 Å². The molecular weight excluding hydrogens is 476 g/mol. The molecule has 0 aliphatic heterocycles. The number of hydrogen-bond acceptors (Lipinski definition) is 3. The van der Waals surface area contributed by atoms with Crippen LogP contribution in [0.15, 0.2) is 69.9 Å². The molecule has 1 heterocycles. The van der Waals surface area contributed by atoms with Crippen molar-refractivity contribution in [1.82, 2.24) is 15.2 Å². The number of hydrogen-bond donors (Lipinski definition) is 1. The third-order valence-electron chi connectivity index (χ3n) is 4.62. The summed E-state index contributed by atoms with van der Waals surface area (Å²) < 4.78 is 2.30. The predicted octanol–water partition coefficient (Wildman–Crippen LogP) is 6.29. The van der Waals surface area contributed by atoms with E-state index in [9.17, 15) is 4.79 Å². The normalized spacial score (nSPS) is 12.0. The SMILES string of the molecule is CC(/C=N\NC(=O)c1nn(Cc2ccc(Cl)cc2)cc1Br)=C\c1ccc(C(C)C)cc1. The summed E-state index contributed by atoms with van der Waals surface area (Å²) >= 11 is 9.31. The zero-order valence-electron chi connectivity index (χ0n) is 17.6. The first-order chi connectivity index (χ1) is 14.8. The number of carbonyl (C=O) groups excluding carboxylic acids is 1. The van der Waals surface area contributed by atoms with E-state index in [1.54, 1.807) is 17.1 Å². The fourth-order valence-corrected chi connectivity index (χ4v) is 3.55. The Morgan fingerprint density at radius 2 is 1.87 bits per heavy atom. The number of benzene rings is 2. The third kappa shape index (κ3) is 6.64. The van der Waals surface area contributed by atoms with Crippen LogP contribution in [0.25, 0.3) is 6.08 Å². The van der Waals surface area contributed by atoms with Crippen molar-refractivity contribution < 1.29 is 4.79 Å². The highest BCUT2D eigenvalue weighted by Gasteiger charge is 2.14. The van der Waals surface area contributed by atoms with Gasteiger partial charge < -0.3 is 0 Å². The molecule has 31 heavy (non-hydrogen) atoms. The molecule has 3 aromatic rings. The van der Waals surface area contributed by atoms with Crippen molar-refractivity contribution in [3.8, 4) is 0 Å². The number of amides is 1. The molecule has 1 aromatic heterocycles. The molecule has 0 fully saturated rings. The lowest BCUT2D eigenvalue weighted by atomic mass is 10.0. The summed E-state index contributed by atoms with van der Waals surface area (Å²) in [5.74, 6) is 0.122. The molecule has 5 nitrogen and oxygen atoms in total. The van der Waals surface area contributed by atoms with Gasteiger partial charge in [0.15, 0.2) is 5.69 Å². The number of rotatable bonds is 7. The van der Waals surface area contributed by atoms with E-state index in [1.807, 2.05) is 37.3 Å². The van der Waals surface area contributed by atoms with Crippen molar-refractivity contribution in [2.75, 3.05) is 0 Å². The van der Waals surface area contributed by atoms with Gasteiger partial charge in [-0.15, -0.1) is 0 Å². The van der Waals surface area contributed by atoms with Crippen LogP contribution in [0.4, 0.5) is 0 Å². The number of aromatic nitrogens is 2. The standard InChI is InChI=1S/C24H24BrClN4O/c1-16(2)20-8-4-18(5-9-20)12-17(3)13-27-28-24(31)23-22(25)15-30(29-23)14-19-6-10-21(26)11-7-19/h4-13,15-16H,14H2,1-3H3,(H,28,31)/b17-12+,27-13-. The maximum absolute atomic E-state index is 12.4. The lowest BCUT2D eigenvalue weighted by Crippen LogP contribution is -2.19. The summed E-state index contributed by atoms with van der Waals surface area (Å²) in [5, 5.41) is 9.09. The van der Waals surface area contributed by atoms with Crippen LogP contribution in [0.2, 0.25) is 5.02 Å². The van der Waals surface area contributed by atoms with Gasteiger partial charge in [-0.3, -0.25) is 9.48 Å². The van der Waals surface area contributed by atoms with Crippen LogP contribution < -0.4 is 5.43 Å². The van der Waals surface area contributed by atoms with Crippen molar-refractivity contribution in [2.45, 2.75) is 33.2 Å². The van der Waals surface area contributed by atoms with Crippen LogP contribution in [0.1, 0.15) is 53.9 Å². The number of carbonyl (C=O) groups is 1. The summed E-state index contributed by atoms with van der Waals surface area (Å²) in [6.07, 6.45) is 5.39. The van der Waals surface area contributed by atoms with Gasteiger partial charge in [-0.25, -0.2) is 5.43 Å². The molecule has 0 spiro atoms. The molecule has 0 radical (unpaired) electrons. The Morgan fingerprint density at radius 3 is 2.52 bits per heavy atom. The van der Waals surface area contributed by atoms with E-state index in [4.69, 9.17) is 11.6 Å². The molecule has 0 saturated heterocycles. The molecule has 0 unspecified atom stereocenters. The maximum Gasteiger partial charge on any atom is 0.293 e. The van der Waals surface area contributed by atoms with Crippen molar-refractivity contribution in [3.63, 3.8) is 0 Å². The zero-order chi connectivity index (χ0) is 22.4. The minimum Gasteiger partial charge on any atom is -0.266 e. The van der Waals surface area contributed by atoms with Gasteiger partial charge in [-0.05, 0) is 63.2 Å². The van der Waals surface area contributed by atoms with Gasteiger partial charge >= 0.3 is 0 Å². The Labute approximate surface area is 195 Å². The van der Waals surface area contributed by atoms with Crippen LogP contribution in [0, 0.1) is 0 Å². The quantitative estimate of drug-likeness (QED) is 0.307. The first-order valence-corrected chi connectivity index (χ1v) is 11.1. The van der Waals surface area contributed by atoms with Crippen molar-refractivity contribution >= 4 is 45.7 Å². The van der Waals surface area contributed by atoms with Gasteiger partial charge in [0.05, 0.1) is 17.2 Å². The average Bonchev–Trinajstić information content (AvgIpc) is 3.10. The molecule has 3 rings (SSSR count). The summed E-state index contributed by atoms with van der Waals surface area (Å²) in [6.45, 7) is 6.81. The molecule has 1 amide bonds. The fraction of sp³-hybridized carbons (Fsp3) is 0.208. The highest BCUT2D eigenvalue weighted by atomic mass is 79.9. The molecule has 0 atom stereocenters. The lowest BCUT2D eigenvalue weighted by molar-refractivity contribution is 0.0948. The Hall–Kier alpha value is -2.70. The average molecular weight is 500 g/mol. The molecule has 2 aromatic carbocycles. The van der Waals surface area contributed by atoms with Gasteiger partial charge in [0.1, 0.15) is 0 Å². The van der Waals surface area contributed by atoms with E-state index in [1.165, 1.54) is 5.56 Å². The lowest BCUT2D eigenvalue weighted by Gasteiger charge is -2.05. The summed E-state index contributed by atoms with van der Waals surface area (Å²) in [4.78, 5) is 12.4. The maximum atomic E-state index is 12.4. The molecule has 1 N–H and O–H groups in total. The summed E-state index contributed by atoms with van der Waals surface area (Å²) in [6, 6.07) is 15.9. The Morgan fingerprint density at radius 1 is 1.19 bits per heavy atom. The molecule has 160 valence electrons. The van der Waals surface area contributed by atoms with Gasteiger partial charge in [0, 0.05) is 11.2 Å². The molecule has 0 aliphatic rings. The first-order valence-electron chi connectivity index (χ1n) is 9.91. The second-order valence-electron chi connectivity index (χ2n) is 7.56. The summed E-state index contributed by atoms with van der Waals surface area (Å²) in [7, 11) is 0. The Balaban J connectivity index is 1.60. The highest BCUT2D eigenvalue weighted by molar-refractivity contribution is 9.10. The number of halogens is 2. The number of nitrogens with one attached hydrogen (secondary N) is 1. The molecule has 0 bridgehead atoms. The Bertz CT molecular complexity index is 1100. The highest BCUT2D eigenvalue weighted by Crippen LogP contribution is 2.18. The first kappa shape index (κ1) is 23.0. The van der Waals surface area contributed by atoms with Gasteiger partial charge in [0.25, 0.3) is 5.91 Å². The Kier molecular flexibility index (Phi) is 7.82. The monoisotopic (exact) mass is 498 g/mol. The topological polar surface area (TPSA) is 59.3 Å². The largest absolute Gasteiger partial charge is 0.293 e. The van der Waals surface area contributed by atoms with Crippen molar-refractivity contribution in [1.29, 1.82) is 0 Å². The van der Waals surface area contributed by atoms with Crippen molar-refractivity contribution in [2.24, 2.45) is 5.10 Å². The zero-order valence-corrected chi connectivity index (χ0v) is 20.0. The third-order valence-corrected chi connectivity index (χ3v) is 5.45. The minimum absolute atomic E-state index is 0.275. The minimum atomic E-state index is -0.382. The number of hydrazone groups is 1. The van der Waals surface area contributed by atoms with Crippen LogP contribution in [-0.4, -0.2) is 21.9 Å². The van der Waals surface area contributed by atoms with Crippen LogP contribution in [0.5, 0.6) is 0 Å². The van der Waals surface area contributed by atoms with E-state index in [0.29, 0.717) is 22.0 Å². The smallest absolute Gasteiger partial charge is 0.266 e. The van der Waals surface area contributed by atoms with E-state index in [0.717, 1.165) is 16.7 Å². The molecule has 0 aliphatic carbocycles. The predicted molar refractivity (Wildman–Crippen MR) is 131 cm³/mol. The van der Waals surface area contributed by atoms with Crippen LogP contribution in [-0.2, 0) is 6.54 Å². The van der Waals surface area contributed by atoms with Crippen LogP contribution in [0.3, 0.4) is 0 Å². The number of nitrogens with zero attached hydrogens (tertiary/aromatic N) is 3. The van der Waals surface area contributed by atoms with Gasteiger partial charge in [-0.2, -0.15) is 10.2 Å². The molecule has 7 heteroatoms. The van der Waals surface area contributed by atoms with Crippen LogP contribution >= 0.6 is 27.5 Å². The van der Waals surface area contributed by atoms with Gasteiger partial charge in [-0.1, -0.05) is 67.9 Å². The van der Waals surface area contributed by atoms with Crippen molar-refractivity contribution in [3.05, 3.63) is 92.2 Å². The van der Waals surface area contributed by atoms with E-state index in [2.05, 4.69) is 69.7 Å². The second kappa shape index (κ2) is 10.6. The van der Waals surface area contributed by atoms with E-state index in [-0.39, 0.29) is 11.6 Å². The molecular formula is C24H24BrClN4O. The van der Waals surface area contributed by atoms with E-state index >= 15 is 0 Å². The van der Waals surface area contributed by atoms with E-state index < -0.39 is 0 Å².